The van der Waals surface area contributed by atoms with Gasteiger partial charge < -0.3 is 10.1 Å². The zero-order chi connectivity index (χ0) is 25.2. The number of carbonyl (C=O) groups is 2. The van der Waals surface area contributed by atoms with Crippen molar-refractivity contribution in [3.63, 3.8) is 0 Å². The number of carbonyl (C=O) groups excluding carboxylic acids is 2. The minimum absolute atomic E-state index is 0.00784. The molecule has 0 unspecified atom stereocenters. The van der Waals surface area contributed by atoms with Gasteiger partial charge in [-0.1, -0.05) is 20.8 Å². The molecule has 1 amide bonds. The number of nitrogens with one attached hydrogen (secondary N) is 2. The summed E-state index contributed by atoms with van der Waals surface area (Å²) in [5, 5.41) is 2.51. The van der Waals surface area contributed by atoms with Gasteiger partial charge in [-0.25, -0.2) is 26.4 Å². The Morgan fingerprint density at radius 1 is 1.30 bits per heavy atom. The van der Waals surface area contributed by atoms with Gasteiger partial charge in [0.2, 0.25) is 0 Å². The van der Waals surface area contributed by atoms with E-state index in [0.29, 0.717) is 42.2 Å². The van der Waals surface area contributed by atoms with Crippen molar-refractivity contribution in [3.8, 4) is 0 Å². The molecule has 12 heteroatoms. The molecule has 0 aromatic carbocycles. The summed E-state index contributed by atoms with van der Waals surface area (Å²) in [4.78, 5) is 24.2. The molecule has 0 saturated carbocycles. The molecule has 2 rings (SSSR count). The predicted molar refractivity (Wildman–Crippen MR) is 126 cm³/mol. The number of rotatable bonds is 9. The Balaban J connectivity index is 2.18. The number of sulfonamides is 1. The van der Waals surface area contributed by atoms with E-state index in [1.54, 1.807) is 20.8 Å². The molecule has 0 saturated heterocycles. The minimum Gasteiger partial charge on any atom is -0.456 e. The zero-order valence-corrected chi connectivity index (χ0v) is 22.1. The lowest BCUT2D eigenvalue weighted by Gasteiger charge is -2.27. The topological polar surface area (TPSA) is 136 Å². The molecule has 9 nitrogen and oxygen atoms in total. The van der Waals surface area contributed by atoms with E-state index in [4.69, 9.17) is 4.74 Å². The summed E-state index contributed by atoms with van der Waals surface area (Å²) in [5.41, 5.74) is -0.348. The first-order valence-corrected chi connectivity index (χ1v) is 14.5. The molecule has 1 aliphatic heterocycles. The van der Waals surface area contributed by atoms with Crippen LogP contribution in [0.25, 0.3) is 0 Å². The second-order valence-electron chi connectivity index (χ2n) is 9.09. The lowest BCUT2D eigenvalue weighted by atomic mass is 9.96. The van der Waals surface area contributed by atoms with Gasteiger partial charge in [0.15, 0.2) is 9.84 Å². The van der Waals surface area contributed by atoms with Gasteiger partial charge >= 0.3 is 5.97 Å². The van der Waals surface area contributed by atoms with Gasteiger partial charge in [0.05, 0.1) is 5.25 Å². The van der Waals surface area contributed by atoms with Crippen LogP contribution in [-0.2, 0) is 34.2 Å². The Kier molecular flexibility index (Phi) is 8.53. The van der Waals surface area contributed by atoms with Gasteiger partial charge in [-0.2, -0.15) is 0 Å². The molecule has 2 atom stereocenters. The first-order valence-electron chi connectivity index (χ1n) is 10.7. The number of hydrogen-bond acceptors (Lipinski definition) is 9. The van der Waals surface area contributed by atoms with Crippen LogP contribution in [0.2, 0.25) is 0 Å². The fourth-order valence-electron chi connectivity index (χ4n) is 3.86. The van der Waals surface area contributed by atoms with E-state index in [1.165, 1.54) is 6.07 Å². The van der Waals surface area contributed by atoms with Gasteiger partial charge in [0.1, 0.15) is 14.0 Å². The third kappa shape index (κ3) is 6.87. The maximum atomic E-state index is 12.7. The normalized spacial score (nSPS) is 20.6. The number of sulfone groups is 1. The van der Waals surface area contributed by atoms with Crippen LogP contribution in [-0.4, -0.2) is 46.1 Å². The molecule has 186 valence electrons. The summed E-state index contributed by atoms with van der Waals surface area (Å²) < 4.78 is 57.7. The van der Waals surface area contributed by atoms with E-state index in [-0.39, 0.29) is 14.5 Å². The Morgan fingerprint density at radius 3 is 2.52 bits per heavy atom. The Hall–Kier alpha value is -1.76. The van der Waals surface area contributed by atoms with Gasteiger partial charge in [0.25, 0.3) is 15.9 Å². The number of ether oxygens (including phenoxy) is 1. The van der Waals surface area contributed by atoms with Crippen LogP contribution in [0, 0.1) is 5.92 Å². The van der Waals surface area contributed by atoms with Crippen molar-refractivity contribution in [3.05, 3.63) is 23.8 Å². The van der Waals surface area contributed by atoms with Crippen molar-refractivity contribution in [1.29, 1.82) is 0 Å². The number of thiophene rings is 1. The Bertz CT molecular complexity index is 1130. The van der Waals surface area contributed by atoms with E-state index in [1.807, 2.05) is 25.5 Å². The largest absolute Gasteiger partial charge is 0.456 e. The standard InChI is InChI=1S/C21H32N2O7S3/c1-7-22-16-10-14(4)32(26,27)20-15(16)11-19(31-20)33(28,29)23-17(24)8-9-18(25)30-21(5,6)12-13(2)3/h8-9,11,13-14,16,22H,7,10,12H2,1-6H3,(H,23,24)/b9-8+/t14-,16-/m0/s1. The third-order valence-electron chi connectivity index (χ3n) is 5.03. The smallest absolute Gasteiger partial charge is 0.331 e. The SMILES string of the molecule is CCN[C@H]1C[C@H](C)S(=O)(=O)c2sc(S(=O)(=O)NC(=O)/C=C/C(=O)OC(C)(C)CC(C)C)cc21. The van der Waals surface area contributed by atoms with Gasteiger partial charge in [-0.15, -0.1) is 11.3 Å². The van der Waals surface area contributed by atoms with Crippen molar-refractivity contribution in [2.45, 2.75) is 79.7 Å². The molecular weight excluding hydrogens is 488 g/mol. The highest BCUT2D eigenvalue weighted by molar-refractivity contribution is 7.95. The number of hydrogen-bond donors (Lipinski definition) is 2. The summed E-state index contributed by atoms with van der Waals surface area (Å²) >= 11 is 0.616. The Morgan fingerprint density at radius 2 is 1.94 bits per heavy atom. The van der Waals surface area contributed by atoms with Crippen molar-refractivity contribution >= 4 is 43.1 Å². The summed E-state index contributed by atoms with van der Waals surface area (Å²) in [6.45, 7) is 11.5. The van der Waals surface area contributed by atoms with E-state index in [9.17, 15) is 26.4 Å². The average Bonchev–Trinajstić information content (AvgIpc) is 3.11. The fourth-order valence-corrected chi connectivity index (χ4v) is 8.81. The van der Waals surface area contributed by atoms with Crippen LogP contribution in [0.4, 0.5) is 0 Å². The molecule has 0 bridgehead atoms. The number of esters is 1. The third-order valence-corrected chi connectivity index (χ3v) is 10.7. The fraction of sp³-hybridized carbons (Fsp3) is 0.619. The van der Waals surface area contributed by atoms with Crippen LogP contribution in [0.1, 0.15) is 66.0 Å². The molecule has 1 aromatic rings. The maximum absolute atomic E-state index is 12.7. The second kappa shape index (κ2) is 10.2. The van der Waals surface area contributed by atoms with Crippen LogP contribution >= 0.6 is 11.3 Å². The summed E-state index contributed by atoms with van der Waals surface area (Å²) in [6.07, 6.45) is 2.58. The summed E-state index contributed by atoms with van der Waals surface area (Å²) in [5.74, 6) is -1.52. The quantitative estimate of drug-likeness (QED) is 0.375. The summed E-state index contributed by atoms with van der Waals surface area (Å²) in [6, 6.07) is 0.988. The molecule has 0 fully saturated rings. The number of fused-ring (bicyclic) bond motifs is 1. The van der Waals surface area contributed by atoms with Gasteiger partial charge in [-0.05, 0) is 52.1 Å². The molecule has 33 heavy (non-hydrogen) atoms. The van der Waals surface area contributed by atoms with Crippen molar-refractivity contribution in [1.82, 2.24) is 10.0 Å². The lowest BCUT2D eigenvalue weighted by molar-refractivity contribution is -0.151. The van der Waals surface area contributed by atoms with Crippen LogP contribution in [0.15, 0.2) is 26.6 Å². The first-order chi connectivity index (χ1) is 15.1. The van der Waals surface area contributed by atoms with Gasteiger partial charge in [-0.3, -0.25) is 4.79 Å². The molecule has 0 spiro atoms. The molecule has 2 heterocycles. The molecule has 0 radical (unpaired) electrons. The lowest BCUT2D eigenvalue weighted by Crippen LogP contribution is -2.33. The van der Waals surface area contributed by atoms with E-state index in [0.717, 1.165) is 12.2 Å². The molecular formula is C21H32N2O7S3. The van der Waals surface area contributed by atoms with Gasteiger partial charge in [0, 0.05) is 23.8 Å². The highest BCUT2D eigenvalue weighted by Crippen LogP contribution is 2.42. The van der Waals surface area contributed by atoms with Crippen molar-refractivity contribution in [2.24, 2.45) is 5.92 Å². The average molecular weight is 521 g/mol. The molecule has 2 N–H and O–H groups in total. The monoisotopic (exact) mass is 520 g/mol. The highest BCUT2D eigenvalue weighted by atomic mass is 32.3. The number of amides is 1. The van der Waals surface area contributed by atoms with E-state index in [2.05, 4.69) is 5.32 Å². The first kappa shape index (κ1) is 27.5. The molecule has 1 aliphatic rings. The van der Waals surface area contributed by atoms with E-state index < -0.39 is 42.6 Å². The maximum Gasteiger partial charge on any atom is 0.331 e. The van der Waals surface area contributed by atoms with Crippen molar-refractivity contribution < 1.29 is 31.2 Å². The Labute approximate surface area is 200 Å². The minimum atomic E-state index is -4.34. The second-order valence-corrected chi connectivity index (χ2v) is 14.6. The predicted octanol–water partition coefficient (Wildman–Crippen LogP) is 2.69. The molecule has 1 aromatic heterocycles. The van der Waals surface area contributed by atoms with Crippen LogP contribution in [0.3, 0.4) is 0 Å². The van der Waals surface area contributed by atoms with E-state index >= 15 is 0 Å². The van der Waals surface area contributed by atoms with Crippen LogP contribution < -0.4 is 10.0 Å². The zero-order valence-electron chi connectivity index (χ0n) is 19.7. The molecule has 0 aliphatic carbocycles. The summed E-state index contributed by atoms with van der Waals surface area (Å²) in [7, 11) is -8.00. The van der Waals surface area contributed by atoms with Crippen molar-refractivity contribution in [2.75, 3.05) is 6.54 Å². The highest BCUT2D eigenvalue weighted by Gasteiger charge is 2.39. The van der Waals surface area contributed by atoms with Crippen LogP contribution in [0.5, 0.6) is 0 Å².